The fraction of sp³-hybridized carbons (Fsp3) is 0.654. The molecule has 9 nitrogen and oxygen atoms in total. The van der Waals surface area contributed by atoms with Crippen molar-refractivity contribution in [3.8, 4) is 0 Å². The predicted molar refractivity (Wildman–Crippen MR) is 140 cm³/mol. The van der Waals surface area contributed by atoms with Gasteiger partial charge in [0.15, 0.2) is 0 Å². The van der Waals surface area contributed by atoms with Gasteiger partial charge < -0.3 is 24.9 Å². The average molecular weight is 533 g/mol. The Morgan fingerprint density at radius 3 is 1.81 bits per heavy atom. The Morgan fingerprint density at radius 1 is 0.778 bits per heavy atom. The first-order valence-electron chi connectivity index (χ1n) is 12.6. The highest BCUT2D eigenvalue weighted by Crippen LogP contribution is 2.43. The van der Waals surface area contributed by atoms with Gasteiger partial charge >= 0.3 is 13.8 Å². The minimum Gasteiger partial charge on any atom is -0.463 e. The Balaban J connectivity index is 3.74. The molecule has 0 saturated carbocycles. The van der Waals surface area contributed by atoms with E-state index in [9.17, 15) is 19.4 Å². The number of ether oxygens (including phenoxy) is 1. The second kappa shape index (κ2) is 23.8. The lowest BCUT2D eigenvalue weighted by molar-refractivity contribution is -0.147. The lowest BCUT2D eigenvalue weighted by Crippen LogP contribution is -2.24. The van der Waals surface area contributed by atoms with Gasteiger partial charge in [-0.2, -0.15) is 0 Å². The highest BCUT2D eigenvalue weighted by molar-refractivity contribution is 7.47. The fourth-order valence-electron chi connectivity index (χ4n) is 2.69. The number of phosphoric ester groups is 1. The molecule has 0 aromatic heterocycles. The minimum atomic E-state index is -4.50. The van der Waals surface area contributed by atoms with Gasteiger partial charge in [0, 0.05) is 6.42 Å². The number of hydrogen-bond acceptors (Lipinski definition) is 8. The van der Waals surface area contributed by atoms with Gasteiger partial charge in [0.05, 0.1) is 19.8 Å². The number of esters is 1. The maximum Gasteiger partial charge on any atom is 0.472 e. The Labute approximate surface area is 215 Å². The van der Waals surface area contributed by atoms with Crippen molar-refractivity contribution in [2.75, 3.05) is 26.4 Å². The van der Waals surface area contributed by atoms with Crippen LogP contribution in [0.25, 0.3) is 0 Å². The van der Waals surface area contributed by atoms with E-state index in [1.165, 1.54) is 25.7 Å². The maximum atomic E-state index is 11.7. The van der Waals surface area contributed by atoms with Gasteiger partial charge in [0.1, 0.15) is 18.8 Å². The number of aliphatic hydroxyl groups is 3. The lowest BCUT2D eigenvalue weighted by Gasteiger charge is -2.16. The van der Waals surface area contributed by atoms with E-state index in [-0.39, 0.29) is 13.0 Å². The van der Waals surface area contributed by atoms with Crippen LogP contribution in [-0.2, 0) is 23.1 Å². The third kappa shape index (κ3) is 24.1. The summed E-state index contributed by atoms with van der Waals surface area (Å²) in [5.74, 6) is -0.487. The summed E-state index contributed by atoms with van der Waals surface area (Å²) in [4.78, 5) is 21.1. The largest absolute Gasteiger partial charge is 0.472 e. The molecule has 36 heavy (non-hydrogen) atoms. The average Bonchev–Trinajstić information content (AvgIpc) is 2.86. The number of carbonyl (C=O) groups is 1. The van der Waals surface area contributed by atoms with E-state index in [4.69, 9.17) is 14.9 Å². The molecule has 0 fully saturated rings. The monoisotopic (exact) mass is 532 g/mol. The molecule has 0 radical (unpaired) electrons. The van der Waals surface area contributed by atoms with Crippen molar-refractivity contribution in [1.29, 1.82) is 0 Å². The van der Waals surface area contributed by atoms with Crippen LogP contribution in [0.5, 0.6) is 0 Å². The van der Waals surface area contributed by atoms with Crippen LogP contribution in [0.2, 0.25) is 0 Å². The standard InChI is InChI=1S/C26H45O9P/c1-2-3-4-5-6-7-8-9-10-11-12-13-14-15-16-17-18-19-26(30)33-21-25(29)23-35-36(31,32)34-22-24(28)20-27/h6-7,9-10,12-13,15-16,24-25,27-29H,2-5,8,11,14,17-23H2,1H3,(H,31,32). The molecule has 0 aromatic rings. The van der Waals surface area contributed by atoms with E-state index in [0.717, 1.165) is 25.7 Å². The summed E-state index contributed by atoms with van der Waals surface area (Å²) in [6.07, 6.45) is 23.7. The van der Waals surface area contributed by atoms with Crippen molar-refractivity contribution < 1.29 is 43.4 Å². The van der Waals surface area contributed by atoms with Crippen LogP contribution in [0.4, 0.5) is 0 Å². The molecule has 208 valence electrons. The first-order valence-corrected chi connectivity index (χ1v) is 14.1. The van der Waals surface area contributed by atoms with Gasteiger partial charge in [0.25, 0.3) is 0 Å². The summed E-state index contributed by atoms with van der Waals surface area (Å²) in [5.41, 5.74) is 0. The molecule has 0 rings (SSSR count). The highest BCUT2D eigenvalue weighted by Gasteiger charge is 2.24. The van der Waals surface area contributed by atoms with E-state index in [0.29, 0.717) is 6.42 Å². The normalized spacial score (nSPS) is 15.8. The van der Waals surface area contributed by atoms with Gasteiger partial charge in [0.2, 0.25) is 0 Å². The maximum absolute atomic E-state index is 11.7. The van der Waals surface area contributed by atoms with Crippen LogP contribution in [0.1, 0.15) is 71.1 Å². The van der Waals surface area contributed by atoms with Gasteiger partial charge in [-0.05, 0) is 44.9 Å². The number of unbranched alkanes of at least 4 members (excludes halogenated alkanes) is 4. The van der Waals surface area contributed by atoms with Crippen molar-refractivity contribution in [2.24, 2.45) is 0 Å². The van der Waals surface area contributed by atoms with E-state index < -0.39 is 45.8 Å². The highest BCUT2D eigenvalue weighted by atomic mass is 31.2. The Bertz CT molecular complexity index is 704. The molecule has 0 aromatic carbocycles. The molecule has 3 unspecified atom stereocenters. The predicted octanol–water partition coefficient (Wildman–Crippen LogP) is 4.52. The van der Waals surface area contributed by atoms with Crippen molar-refractivity contribution in [3.63, 3.8) is 0 Å². The van der Waals surface area contributed by atoms with Crippen molar-refractivity contribution in [2.45, 2.75) is 83.3 Å². The summed E-state index contributed by atoms with van der Waals surface area (Å²) >= 11 is 0. The fourth-order valence-corrected chi connectivity index (χ4v) is 3.48. The summed E-state index contributed by atoms with van der Waals surface area (Å²) in [7, 11) is -4.50. The number of aliphatic hydroxyl groups excluding tert-OH is 3. The zero-order chi connectivity index (χ0) is 26.9. The first kappa shape index (κ1) is 34.4. The van der Waals surface area contributed by atoms with Gasteiger partial charge in [-0.3, -0.25) is 13.8 Å². The molecule has 0 spiro atoms. The summed E-state index contributed by atoms with van der Waals surface area (Å²) in [6.45, 7) is -0.0139. The van der Waals surface area contributed by atoms with Crippen LogP contribution in [0.3, 0.4) is 0 Å². The van der Waals surface area contributed by atoms with E-state index in [1.54, 1.807) is 0 Å². The Morgan fingerprint density at radius 2 is 1.28 bits per heavy atom. The zero-order valence-electron chi connectivity index (χ0n) is 21.5. The van der Waals surface area contributed by atoms with E-state index in [2.05, 4.69) is 52.4 Å². The smallest absolute Gasteiger partial charge is 0.463 e. The Hall–Kier alpha value is -1.58. The van der Waals surface area contributed by atoms with Crippen LogP contribution in [-0.4, -0.2) is 64.8 Å². The molecule has 3 atom stereocenters. The molecular weight excluding hydrogens is 487 g/mol. The number of rotatable bonds is 23. The van der Waals surface area contributed by atoms with Gasteiger partial charge in [-0.1, -0.05) is 68.4 Å². The van der Waals surface area contributed by atoms with Crippen LogP contribution >= 0.6 is 7.82 Å². The molecule has 0 aliphatic rings. The first-order chi connectivity index (χ1) is 17.3. The van der Waals surface area contributed by atoms with Gasteiger partial charge in [-0.15, -0.1) is 0 Å². The van der Waals surface area contributed by atoms with Crippen molar-refractivity contribution in [3.05, 3.63) is 48.6 Å². The molecular formula is C26H45O9P. The number of hydrogen-bond donors (Lipinski definition) is 4. The molecule has 4 N–H and O–H groups in total. The molecule has 0 amide bonds. The number of allylic oxidation sites excluding steroid dienone is 8. The summed E-state index contributed by atoms with van der Waals surface area (Å²) < 4.78 is 25.5. The van der Waals surface area contributed by atoms with E-state index in [1.807, 2.05) is 12.2 Å². The Kier molecular flexibility index (Phi) is 22.8. The molecule has 0 saturated heterocycles. The third-order valence-electron chi connectivity index (χ3n) is 4.72. The van der Waals surface area contributed by atoms with Crippen molar-refractivity contribution >= 4 is 13.8 Å². The van der Waals surface area contributed by atoms with E-state index >= 15 is 0 Å². The van der Waals surface area contributed by atoms with Crippen LogP contribution in [0.15, 0.2) is 48.6 Å². The van der Waals surface area contributed by atoms with Crippen LogP contribution < -0.4 is 0 Å². The second-order valence-corrected chi connectivity index (χ2v) is 9.67. The minimum absolute atomic E-state index is 0.187. The second-order valence-electron chi connectivity index (χ2n) is 8.21. The van der Waals surface area contributed by atoms with Crippen LogP contribution in [0, 0.1) is 0 Å². The molecule has 0 aliphatic heterocycles. The van der Waals surface area contributed by atoms with Crippen molar-refractivity contribution in [1.82, 2.24) is 0 Å². The summed E-state index contributed by atoms with van der Waals surface area (Å²) in [5, 5.41) is 27.4. The SMILES string of the molecule is CCCCCC=CCC=CCC=CCC=CCCCC(=O)OCC(O)COP(=O)(O)OCC(O)CO. The molecule has 0 bridgehead atoms. The molecule has 0 heterocycles. The lowest BCUT2D eigenvalue weighted by atomic mass is 10.2. The third-order valence-corrected chi connectivity index (χ3v) is 5.67. The quantitative estimate of drug-likeness (QED) is 0.0646. The zero-order valence-corrected chi connectivity index (χ0v) is 22.3. The molecule has 0 aliphatic carbocycles. The number of carbonyl (C=O) groups excluding carboxylic acids is 1. The van der Waals surface area contributed by atoms with Gasteiger partial charge in [-0.25, -0.2) is 4.57 Å². The topological polar surface area (TPSA) is 143 Å². The summed E-state index contributed by atoms with van der Waals surface area (Å²) in [6, 6.07) is 0. The number of phosphoric acid groups is 1. The molecule has 10 heteroatoms.